The number of hydrogen-bond acceptors (Lipinski definition) is 2. The summed E-state index contributed by atoms with van der Waals surface area (Å²) in [5.41, 5.74) is 0.856. The molecule has 0 saturated carbocycles. The Morgan fingerprint density at radius 1 is 1.11 bits per heavy atom. The number of ether oxygens (including phenoxy) is 2. The van der Waals surface area contributed by atoms with Crippen LogP contribution < -0.4 is 4.74 Å². The van der Waals surface area contributed by atoms with Crippen LogP contribution in [0.2, 0.25) is 0 Å². The molecule has 8 heteroatoms. The lowest BCUT2D eigenvalue weighted by Gasteiger charge is -2.12. The summed E-state index contributed by atoms with van der Waals surface area (Å²) < 4.78 is 45.2. The highest BCUT2D eigenvalue weighted by Gasteiger charge is 2.28. The summed E-state index contributed by atoms with van der Waals surface area (Å²) in [7, 11) is 0. The minimum absolute atomic E-state index is 0.211. The Balaban J connectivity index is 2.57. The molecule has 0 aliphatic heterocycles. The van der Waals surface area contributed by atoms with Crippen LogP contribution in [0.25, 0.3) is 0 Å². The van der Waals surface area contributed by atoms with Gasteiger partial charge in [-0.2, -0.15) is 0 Å². The zero-order valence-electron chi connectivity index (χ0n) is 8.86. The van der Waals surface area contributed by atoms with Crippen LogP contribution in [0.3, 0.4) is 0 Å². The molecule has 0 aliphatic carbocycles. The molecule has 0 heterocycles. The first kappa shape index (κ1) is 16.1. The second-order valence-electron chi connectivity index (χ2n) is 3.16. The van der Waals surface area contributed by atoms with Crippen LogP contribution in [-0.2, 0) is 10.6 Å². The van der Waals surface area contributed by atoms with Crippen molar-refractivity contribution in [3.63, 3.8) is 0 Å². The van der Waals surface area contributed by atoms with Gasteiger partial charge in [-0.1, -0.05) is 0 Å². The first-order chi connectivity index (χ1) is 8.33. The Morgan fingerprint density at radius 3 is 2.11 bits per heavy atom. The van der Waals surface area contributed by atoms with Crippen molar-refractivity contribution in [2.45, 2.75) is 12.2 Å². The van der Waals surface area contributed by atoms with Crippen molar-refractivity contribution in [3.05, 3.63) is 26.6 Å². The van der Waals surface area contributed by atoms with E-state index in [1.807, 2.05) is 0 Å². The normalized spacial score (nSPS) is 11.7. The van der Waals surface area contributed by atoms with E-state index in [0.717, 1.165) is 5.56 Å². The lowest BCUT2D eigenvalue weighted by molar-refractivity contribution is -0.325. The molecule has 102 valence electrons. The van der Waals surface area contributed by atoms with Crippen molar-refractivity contribution in [2.24, 2.45) is 0 Å². The third kappa shape index (κ3) is 5.34. The summed E-state index contributed by atoms with van der Waals surface area (Å²) in [6.07, 6.45) is -4.64. The smallest absolute Gasteiger partial charge is 0.489 e. The molecule has 1 aromatic rings. The molecule has 0 aliphatic rings. The van der Waals surface area contributed by atoms with E-state index in [-0.39, 0.29) is 6.61 Å². The highest BCUT2D eigenvalue weighted by molar-refractivity contribution is 9.11. The van der Waals surface area contributed by atoms with E-state index >= 15 is 0 Å². The van der Waals surface area contributed by atoms with Gasteiger partial charge < -0.3 is 4.74 Å². The molecule has 0 aromatic heterocycles. The number of hydrogen-bond donors (Lipinski definition) is 0. The Bertz CT molecular complexity index is 390. The van der Waals surface area contributed by atoms with Gasteiger partial charge >= 0.3 is 6.36 Å². The van der Waals surface area contributed by atoms with Crippen LogP contribution in [0.4, 0.5) is 13.2 Å². The van der Waals surface area contributed by atoms with E-state index < -0.39 is 13.0 Å². The molecular formula is C10H8Br2ClF3O2. The highest BCUT2D eigenvalue weighted by Crippen LogP contribution is 2.35. The Hall–Kier alpha value is 0.0200. The SMILES string of the molecule is FC(F)(F)OCCOc1c(Br)cc(CCl)cc1Br. The Morgan fingerprint density at radius 2 is 1.67 bits per heavy atom. The van der Waals surface area contributed by atoms with Gasteiger partial charge in [0, 0.05) is 5.88 Å². The molecule has 1 rings (SSSR count). The van der Waals surface area contributed by atoms with Gasteiger partial charge in [0.05, 0.1) is 15.6 Å². The van der Waals surface area contributed by atoms with Gasteiger partial charge in [0.1, 0.15) is 12.4 Å². The number of alkyl halides is 4. The van der Waals surface area contributed by atoms with Crippen LogP contribution in [0, 0.1) is 0 Å². The van der Waals surface area contributed by atoms with E-state index in [1.165, 1.54) is 0 Å². The molecule has 0 atom stereocenters. The van der Waals surface area contributed by atoms with Crippen LogP contribution in [0.1, 0.15) is 5.56 Å². The predicted octanol–water partition coefficient (Wildman–Crippen LogP) is 4.87. The summed E-state index contributed by atoms with van der Waals surface area (Å²) >= 11 is 12.2. The fourth-order valence-electron chi connectivity index (χ4n) is 1.13. The summed E-state index contributed by atoms with van der Waals surface area (Å²) in [5.74, 6) is 0.740. The molecule has 18 heavy (non-hydrogen) atoms. The van der Waals surface area contributed by atoms with E-state index in [4.69, 9.17) is 16.3 Å². The molecule has 0 spiro atoms. The topological polar surface area (TPSA) is 18.5 Å². The summed E-state index contributed by atoms with van der Waals surface area (Å²) in [5, 5.41) is 0. The van der Waals surface area contributed by atoms with Crippen molar-refractivity contribution in [2.75, 3.05) is 13.2 Å². The molecule has 0 saturated heterocycles. The van der Waals surface area contributed by atoms with Crippen molar-refractivity contribution >= 4 is 43.5 Å². The lowest BCUT2D eigenvalue weighted by Crippen LogP contribution is -2.18. The van der Waals surface area contributed by atoms with E-state index in [9.17, 15) is 13.2 Å². The Labute approximate surface area is 124 Å². The average Bonchev–Trinajstić information content (AvgIpc) is 2.25. The number of benzene rings is 1. The standard InChI is InChI=1S/C10H8Br2ClF3O2/c11-7-3-6(5-13)4-8(12)9(7)17-1-2-18-10(14,15)16/h3-4H,1-2,5H2. The molecule has 2 nitrogen and oxygen atoms in total. The molecule has 1 aromatic carbocycles. The van der Waals surface area contributed by atoms with Gasteiger partial charge in [0.2, 0.25) is 0 Å². The molecule has 0 amide bonds. The highest BCUT2D eigenvalue weighted by atomic mass is 79.9. The van der Waals surface area contributed by atoms with Gasteiger partial charge in [0.15, 0.2) is 0 Å². The van der Waals surface area contributed by atoms with Gasteiger partial charge in [-0.05, 0) is 49.6 Å². The molecule has 0 bridgehead atoms. The summed E-state index contributed by atoms with van der Waals surface area (Å²) in [6, 6.07) is 3.47. The third-order valence-electron chi connectivity index (χ3n) is 1.81. The van der Waals surface area contributed by atoms with E-state index in [0.29, 0.717) is 20.6 Å². The first-order valence-electron chi connectivity index (χ1n) is 4.71. The van der Waals surface area contributed by atoms with Crippen LogP contribution in [-0.4, -0.2) is 19.6 Å². The maximum atomic E-state index is 11.7. The monoisotopic (exact) mass is 410 g/mol. The fourth-order valence-corrected chi connectivity index (χ4v) is 2.79. The molecule has 0 radical (unpaired) electrons. The maximum Gasteiger partial charge on any atom is 0.522 e. The van der Waals surface area contributed by atoms with E-state index in [1.54, 1.807) is 12.1 Å². The Kier molecular flexibility index (Phi) is 6.23. The zero-order valence-corrected chi connectivity index (χ0v) is 12.8. The minimum Gasteiger partial charge on any atom is -0.489 e. The second kappa shape index (κ2) is 6.98. The quantitative estimate of drug-likeness (QED) is 0.508. The molecule has 0 unspecified atom stereocenters. The summed E-state index contributed by atoms with van der Waals surface area (Å²) in [4.78, 5) is 0. The molecular weight excluding hydrogens is 404 g/mol. The van der Waals surface area contributed by atoms with Crippen LogP contribution >= 0.6 is 43.5 Å². The van der Waals surface area contributed by atoms with Gasteiger partial charge in [0.25, 0.3) is 0 Å². The zero-order chi connectivity index (χ0) is 13.8. The lowest BCUT2D eigenvalue weighted by atomic mass is 10.2. The fraction of sp³-hybridized carbons (Fsp3) is 0.400. The predicted molar refractivity (Wildman–Crippen MR) is 68.9 cm³/mol. The summed E-state index contributed by atoms with van der Waals surface area (Å²) in [6.45, 7) is -0.781. The van der Waals surface area contributed by atoms with Crippen LogP contribution in [0.5, 0.6) is 5.75 Å². The molecule has 0 fully saturated rings. The third-order valence-corrected chi connectivity index (χ3v) is 3.29. The largest absolute Gasteiger partial charge is 0.522 e. The maximum absolute atomic E-state index is 11.7. The number of rotatable bonds is 5. The minimum atomic E-state index is -4.64. The van der Waals surface area contributed by atoms with Gasteiger partial charge in [-0.25, -0.2) is 0 Å². The van der Waals surface area contributed by atoms with Gasteiger partial charge in [-0.15, -0.1) is 24.8 Å². The van der Waals surface area contributed by atoms with Crippen LogP contribution in [0.15, 0.2) is 21.1 Å². The van der Waals surface area contributed by atoms with Crippen molar-refractivity contribution in [1.82, 2.24) is 0 Å². The van der Waals surface area contributed by atoms with Crippen molar-refractivity contribution < 1.29 is 22.6 Å². The second-order valence-corrected chi connectivity index (χ2v) is 5.14. The van der Waals surface area contributed by atoms with E-state index in [2.05, 4.69) is 36.6 Å². The van der Waals surface area contributed by atoms with Gasteiger partial charge in [-0.3, -0.25) is 4.74 Å². The molecule has 0 N–H and O–H groups in total. The average molecular weight is 412 g/mol. The number of halogens is 6. The van der Waals surface area contributed by atoms with Crippen molar-refractivity contribution in [3.8, 4) is 5.75 Å². The van der Waals surface area contributed by atoms with Crippen molar-refractivity contribution in [1.29, 1.82) is 0 Å². The first-order valence-corrected chi connectivity index (χ1v) is 6.83.